The molecule has 2 aliphatic heterocycles. The van der Waals surface area contributed by atoms with Crippen molar-refractivity contribution in [1.29, 1.82) is 0 Å². The third kappa shape index (κ3) is 10.0. The molecule has 4 heterocycles. The quantitative estimate of drug-likeness (QED) is 0.334. The van der Waals surface area contributed by atoms with Crippen LogP contribution in [0.2, 0.25) is 0 Å². The first-order valence-electron chi connectivity index (χ1n) is 13.7. The van der Waals surface area contributed by atoms with Gasteiger partial charge in [-0.25, -0.2) is 0 Å². The van der Waals surface area contributed by atoms with E-state index in [4.69, 9.17) is 19.8 Å². The Hall–Kier alpha value is -4.42. The van der Waals surface area contributed by atoms with Gasteiger partial charge in [-0.3, -0.25) is 28.8 Å². The Morgan fingerprint density at radius 3 is 2.27 bits per heavy atom. The summed E-state index contributed by atoms with van der Waals surface area (Å²) in [5, 5.41) is 20.8. The van der Waals surface area contributed by atoms with Crippen molar-refractivity contribution in [3.05, 3.63) is 59.2 Å². The number of hydrogen-bond acceptors (Lipinski definition) is 10. The molecule has 0 atom stereocenters. The molecular formula is C27H33F3N8O6S. The molecule has 3 N–H and O–H groups in total. The van der Waals surface area contributed by atoms with Gasteiger partial charge >= 0.3 is 6.18 Å². The van der Waals surface area contributed by atoms with E-state index in [9.17, 15) is 22.8 Å². The Morgan fingerprint density at radius 2 is 1.69 bits per heavy atom. The summed E-state index contributed by atoms with van der Waals surface area (Å²) in [5.74, 6) is -0.785. The van der Waals surface area contributed by atoms with Gasteiger partial charge < -0.3 is 25.3 Å². The molecule has 0 spiro atoms. The number of rotatable bonds is 6. The summed E-state index contributed by atoms with van der Waals surface area (Å²) in [4.78, 5) is 47.8. The molecule has 3 aromatic rings. The van der Waals surface area contributed by atoms with Crippen LogP contribution in [0.25, 0.3) is 0 Å². The van der Waals surface area contributed by atoms with Gasteiger partial charge in [-0.15, -0.1) is 0 Å². The smallest absolute Gasteiger partial charge is 0.416 e. The number of halogens is 3. The van der Waals surface area contributed by atoms with Crippen LogP contribution in [0.3, 0.4) is 0 Å². The number of alkyl halides is 3. The molecule has 45 heavy (non-hydrogen) atoms. The summed E-state index contributed by atoms with van der Waals surface area (Å²) < 4.78 is 51.3. The van der Waals surface area contributed by atoms with Crippen LogP contribution >= 0.6 is 11.7 Å². The number of benzene rings is 1. The van der Waals surface area contributed by atoms with E-state index in [0.29, 0.717) is 44.7 Å². The Kier molecular flexibility index (Phi) is 12.9. The molecule has 1 aromatic carbocycles. The molecule has 2 saturated heterocycles. The van der Waals surface area contributed by atoms with E-state index in [1.807, 2.05) is 11.9 Å². The van der Waals surface area contributed by atoms with Gasteiger partial charge in [0.1, 0.15) is 0 Å². The van der Waals surface area contributed by atoms with Crippen LogP contribution in [0.4, 0.5) is 18.9 Å². The molecule has 0 aliphatic carbocycles. The van der Waals surface area contributed by atoms with Gasteiger partial charge in [0.05, 0.1) is 41.4 Å². The highest BCUT2D eigenvalue weighted by atomic mass is 32.1. The number of aromatic nitrogens is 4. The highest BCUT2D eigenvalue weighted by Crippen LogP contribution is 2.34. The molecule has 0 unspecified atom stereocenters. The molecule has 5 rings (SSSR count). The van der Waals surface area contributed by atoms with Crippen molar-refractivity contribution < 1.29 is 42.6 Å². The molecule has 0 bridgehead atoms. The summed E-state index contributed by atoms with van der Waals surface area (Å²) in [5.41, 5.74) is 0.226. The Balaban J connectivity index is 0.000000853. The van der Waals surface area contributed by atoms with Gasteiger partial charge in [-0.05, 0) is 37.6 Å². The first-order valence-corrected chi connectivity index (χ1v) is 14.4. The molecule has 2 aliphatic rings. The Labute approximate surface area is 260 Å². The van der Waals surface area contributed by atoms with Crippen LogP contribution in [-0.4, -0.2) is 115 Å². The van der Waals surface area contributed by atoms with Crippen LogP contribution in [0, 0.1) is 0 Å². The van der Waals surface area contributed by atoms with Crippen molar-refractivity contribution in [2.75, 3.05) is 51.6 Å². The molecule has 244 valence electrons. The van der Waals surface area contributed by atoms with Crippen molar-refractivity contribution in [3.8, 4) is 0 Å². The minimum Gasteiger partial charge on any atom is -0.483 e. The molecule has 0 radical (unpaired) electrons. The van der Waals surface area contributed by atoms with Crippen LogP contribution < -0.4 is 5.32 Å². The Bertz CT molecular complexity index is 1400. The molecule has 14 nitrogen and oxygen atoms in total. The van der Waals surface area contributed by atoms with E-state index >= 15 is 0 Å². The minimum atomic E-state index is -4.55. The average molecular weight is 655 g/mol. The minimum absolute atomic E-state index is 0.00246. The number of amides is 2. The van der Waals surface area contributed by atoms with Gasteiger partial charge in [0, 0.05) is 57.6 Å². The Morgan fingerprint density at radius 1 is 1.04 bits per heavy atom. The maximum Gasteiger partial charge on any atom is 0.416 e. The fourth-order valence-corrected chi connectivity index (χ4v) is 5.35. The maximum absolute atomic E-state index is 14.0. The summed E-state index contributed by atoms with van der Waals surface area (Å²) >= 11 is 0.944. The lowest BCUT2D eigenvalue weighted by atomic mass is 10.00. The summed E-state index contributed by atoms with van der Waals surface area (Å²) in [6, 6.07) is 3.95. The number of anilines is 1. The highest BCUT2D eigenvalue weighted by Gasteiger charge is 2.35. The third-order valence-corrected chi connectivity index (χ3v) is 7.71. The second-order valence-electron chi connectivity index (χ2n) is 10.1. The number of nitrogens with zero attached hydrogens (tertiary/aromatic N) is 7. The summed E-state index contributed by atoms with van der Waals surface area (Å²) in [7, 11) is 2.00. The molecule has 2 aromatic heterocycles. The van der Waals surface area contributed by atoms with Crippen molar-refractivity contribution in [1.82, 2.24) is 33.2 Å². The summed E-state index contributed by atoms with van der Waals surface area (Å²) in [6.07, 6.45) is 1.27. The summed E-state index contributed by atoms with van der Waals surface area (Å²) in [6.45, 7) is 3.52. The number of carbonyl (C=O) groups is 4. The number of likely N-dealkylation sites (N-methyl/N-ethyl adjacent to an activating group) is 1. The highest BCUT2D eigenvalue weighted by molar-refractivity contribution is 6.99. The van der Waals surface area contributed by atoms with Crippen LogP contribution in [0.15, 0.2) is 36.8 Å². The number of piperidine rings is 1. The molecule has 0 saturated carbocycles. The number of nitrogens with one attached hydrogen (secondary N) is 1. The second kappa shape index (κ2) is 16.6. The predicted octanol–water partition coefficient (Wildman–Crippen LogP) is 2.63. The van der Waals surface area contributed by atoms with Gasteiger partial charge in [-0.1, -0.05) is 6.07 Å². The van der Waals surface area contributed by atoms with E-state index in [0.717, 1.165) is 30.9 Å². The second-order valence-corrected chi connectivity index (χ2v) is 10.7. The fraction of sp³-hybridized carbons (Fsp3) is 0.444. The first-order chi connectivity index (χ1) is 21.5. The van der Waals surface area contributed by atoms with E-state index in [1.54, 1.807) is 15.8 Å². The van der Waals surface area contributed by atoms with E-state index in [1.165, 1.54) is 24.5 Å². The molecule has 2 fully saturated rings. The molecule has 18 heteroatoms. The largest absolute Gasteiger partial charge is 0.483 e. The van der Waals surface area contributed by atoms with Crippen molar-refractivity contribution >= 4 is 42.2 Å². The lowest BCUT2D eigenvalue weighted by Gasteiger charge is -2.33. The van der Waals surface area contributed by atoms with Crippen LogP contribution in [0.1, 0.15) is 50.9 Å². The van der Waals surface area contributed by atoms with Crippen molar-refractivity contribution in [3.63, 3.8) is 0 Å². The maximum atomic E-state index is 14.0. The standard InChI is InChI=1S/C25H29F3N8O2S.2CH2O2/c1-33-8-10-34(11-9-33)15-18-3-2-17(12-21(18)25(26,27)28)24(38)35-6-4-20(5-7-35)36-16-19(13-29-36)31-23(37)22-14-30-39-32-22;2*2-1-3/h2-3,12-14,16,20H,4-11,15H2,1H3,(H,31,37);2*1H,(H,2,3). The van der Waals surface area contributed by atoms with Crippen molar-refractivity contribution in [2.45, 2.75) is 31.6 Å². The first kappa shape index (κ1) is 35.1. The van der Waals surface area contributed by atoms with E-state index in [2.05, 4.69) is 24.1 Å². The number of piperazine rings is 1. The van der Waals surface area contributed by atoms with Gasteiger partial charge in [0.25, 0.3) is 24.8 Å². The number of carbonyl (C=O) groups excluding carboxylic acids is 2. The lowest BCUT2D eigenvalue weighted by molar-refractivity contribution is -0.138. The normalized spacial score (nSPS) is 16.0. The zero-order valence-corrected chi connectivity index (χ0v) is 25.1. The molecule has 2 amide bonds. The number of likely N-dealkylation sites (tertiary alicyclic amines) is 1. The van der Waals surface area contributed by atoms with Crippen molar-refractivity contribution in [2.24, 2.45) is 0 Å². The zero-order chi connectivity index (χ0) is 33.0. The fourth-order valence-electron chi connectivity index (χ4n) is 4.94. The van der Waals surface area contributed by atoms with Crippen LogP contribution in [0.5, 0.6) is 0 Å². The van der Waals surface area contributed by atoms with Gasteiger partial charge in [0.15, 0.2) is 5.69 Å². The number of hydrogen-bond donors (Lipinski definition) is 3. The average Bonchev–Trinajstić information content (AvgIpc) is 3.72. The van der Waals surface area contributed by atoms with Gasteiger partial charge in [0.2, 0.25) is 0 Å². The third-order valence-electron chi connectivity index (χ3n) is 7.23. The molecular weight excluding hydrogens is 621 g/mol. The van der Waals surface area contributed by atoms with Crippen LogP contribution in [-0.2, 0) is 22.3 Å². The predicted molar refractivity (Wildman–Crippen MR) is 156 cm³/mol. The van der Waals surface area contributed by atoms with E-state index < -0.39 is 17.6 Å². The van der Waals surface area contributed by atoms with E-state index in [-0.39, 0.29) is 48.3 Å². The van der Waals surface area contributed by atoms with Gasteiger partial charge in [-0.2, -0.15) is 27.0 Å². The lowest BCUT2D eigenvalue weighted by Crippen LogP contribution is -2.44. The number of carboxylic acid groups (broad SMARTS) is 2. The topological polar surface area (TPSA) is 174 Å². The monoisotopic (exact) mass is 654 g/mol. The SMILES string of the molecule is CN1CCN(Cc2ccc(C(=O)N3CCC(n4cc(NC(=O)c5cnsn5)cn4)CC3)cc2C(F)(F)F)CC1.O=CO.O=CO. The zero-order valence-electron chi connectivity index (χ0n) is 24.3.